The van der Waals surface area contributed by atoms with E-state index in [0.29, 0.717) is 16.7 Å². The van der Waals surface area contributed by atoms with E-state index in [1.807, 2.05) is 0 Å². The molecule has 0 fully saturated rings. The molecule has 0 N–H and O–H groups in total. The second kappa shape index (κ2) is 3.97. The van der Waals surface area contributed by atoms with Gasteiger partial charge in [0.2, 0.25) is 5.89 Å². The van der Waals surface area contributed by atoms with Crippen LogP contribution in [0.1, 0.15) is 5.89 Å². The van der Waals surface area contributed by atoms with E-state index in [1.54, 1.807) is 0 Å². The lowest BCUT2D eigenvalue weighted by Gasteiger charge is -2.07. The lowest BCUT2D eigenvalue weighted by Crippen LogP contribution is -2.16. The summed E-state index contributed by atoms with van der Waals surface area (Å²) in [6, 6.07) is 3.75. The molecule has 16 heavy (non-hydrogen) atoms. The highest BCUT2D eigenvalue weighted by Crippen LogP contribution is 2.27. The molecule has 0 spiro atoms. The molecule has 0 bridgehead atoms. The van der Waals surface area contributed by atoms with Gasteiger partial charge in [-0.2, -0.15) is 0 Å². The topological polar surface area (TPSA) is 35.3 Å². The van der Waals surface area contributed by atoms with E-state index >= 15 is 0 Å². The lowest BCUT2D eigenvalue weighted by molar-refractivity contribution is -0.274. The lowest BCUT2D eigenvalue weighted by atomic mass is 10.3. The Morgan fingerprint density at radius 2 is 2.12 bits per heavy atom. The first-order chi connectivity index (χ1) is 7.48. The minimum atomic E-state index is -4.70. The predicted octanol–water partition coefficient (Wildman–Crippen LogP) is 3.62. The molecule has 0 radical (unpaired) electrons. The summed E-state index contributed by atoms with van der Waals surface area (Å²) in [6.07, 6.45) is -4.70. The number of ether oxygens (including phenoxy) is 1. The Morgan fingerprint density at radius 1 is 1.38 bits per heavy atom. The van der Waals surface area contributed by atoms with E-state index in [-0.39, 0.29) is 11.3 Å². The maximum absolute atomic E-state index is 11.9. The zero-order valence-corrected chi connectivity index (χ0v) is 9.30. The van der Waals surface area contributed by atoms with Crippen LogP contribution in [0.4, 0.5) is 13.2 Å². The summed E-state index contributed by atoms with van der Waals surface area (Å²) in [5.74, 6) is 0.0800. The second-order valence-corrected chi connectivity index (χ2v) is 3.48. The summed E-state index contributed by atoms with van der Waals surface area (Å²) < 4.78 is 44.7. The largest absolute Gasteiger partial charge is 0.573 e. The number of halogens is 4. The number of aromatic nitrogens is 1. The third kappa shape index (κ3) is 2.46. The molecule has 3 nitrogen and oxygen atoms in total. The fraction of sp³-hybridized carbons (Fsp3) is 0.222. The number of rotatable bonds is 2. The molecule has 0 amide bonds. The Labute approximate surface area is 96.3 Å². The van der Waals surface area contributed by atoms with Crippen molar-refractivity contribution in [2.75, 3.05) is 0 Å². The molecular weight excluding hydrogens is 291 g/mol. The van der Waals surface area contributed by atoms with E-state index in [2.05, 4.69) is 25.7 Å². The number of alkyl halides is 4. The Balaban J connectivity index is 2.36. The van der Waals surface area contributed by atoms with Crippen molar-refractivity contribution < 1.29 is 22.3 Å². The van der Waals surface area contributed by atoms with Gasteiger partial charge in [-0.1, -0.05) is 15.9 Å². The molecule has 2 aromatic rings. The summed E-state index contributed by atoms with van der Waals surface area (Å²) in [7, 11) is 0. The van der Waals surface area contributed by atoms with E-state index in [1.165, 1.54) is 12.1 Å². The van der Waals surface area contributed by atoms with Crippen molar-refractivity contribution in [1.29, 1.82) is 0 Å². The molecule has 0 saturated carbocycles. The minimum Gasteiger partial charge on any atom is -0.440 e. The first kappa shape index (κ1) is 11.3. The van der Waals surface area contributed by atoms with Crippen molar-refractivity contribution >= 4 is 27.0 Å². The van der Waals surface area contributed by atoms with Gasteiger partial charge in [0.1, 0.15) is 11.3 Å². The van der Waals surface area contributed by atoms with Crippen molar-refractivity contribution in [3.05, 3.63) is 24.1 Å². The quantitative estimate of drug-likeness (QED) is 0.794. The van der Waals surface area contributed by atoms with Gasteiger partial charge in [0.05, 0.1) is 5.33 Å². The third-order valence-corrected chi connectivity index (χ3v) is 2.23. The SMILES string of the molecule is FC(F)(F)Oc1ccc2nc(CBr)oc2c1. The number of fused-ring (bicyclic) bond motifs is 1. The molecule has 7 heteroatoms. The van der Waals surface area contributed by atoms with Crippen molar-refractivity contribution in [3.8, 4) is 5.75 Å². The van der Waals surface area contributed by atoms with Gasteiger partial charge in [0, 0.05) is 6.07 Å². The van der Waals surface area contributed by atoms with Crippen LogP contribution in [0.3, 0.4) is 0 Å². The van der Waals surface area contributed by atoms with Crippen LogP contribution in [0.5, 0.6) is 5.75 Å². The zero-order chi connectivity index (χ0) is 11.8. The van der Waals surface area contributed by atoms with Crippen molar-refractivity contribution in [2.45, 2.75) is 11.7 Å². The van der Waals surface area contributed by atoms with Gasteiger partial charge in [-0.25, -0.2) is 4.98 Å². The van der Waals surface area contributed by atoms with Crippen LogP contribution in [0.15, 0.2) is 22.6 Å². The second-order valence-electron chi connectivity index (χ2n) is 2.92. The van der Waals surface area contributed by atoms with Gasteiger partial charge in [-0.05, 0) is 12.1 Å². The van der Waals surface area contributed by atoms with E-state index in [9.17, 15) is 13.2 Å². The molecule has 0 aliphatic heterocycles. The standard InChI is InChI=1S/C9H5BrF3NO2/c10-4-8-14-6-2-1-5(3-7(6)15-8)16-9(11,12)13/h1-3H,4H2. The molecule has 1 aromatic carbocycles. The van der Waals surface area contributed by atoms with Crippen molar-refractivity contribution in [3.63, 3.8) is 0 Å². The monoisotopic (exact) mass is 295 g/mol. The zero-order valence-electron chi connectivity index (χ0n) is 7.71. The predicted molar refractivity (Wildman–Crippen MR) is 53.3 cm³/mol. The summed E-state index contributed by atoms with van der Waals surface area (Å²) in [5.41, 5.74) is 0.750. The van der Waals surface area contributed by atoms with E-state index < -0.39 is 6.36 Å². The molecule has 0 aliphatic rings. The Bertz CT molecular complexity index is 509. The number of hydrogen-bond acceptors (Lipinski definition) is 3. The van der Waals surface area contributed by atoms with Crippen LogP contribution >= 0.6 is 15.9 Å². The highest BCUT2D eigenvalue weighted by atomic mass is 79.9. The van der Waals surface area contributed by atoms with Crippen LogP contribution in [-0.4, -0.2) is 11.3 Å². The summed E-state index contributed by atoms with van der Waals surface area (Å²) >= 11 is 3.14. The summed E-state index contributed by atoms with van der Waals surface area (Å²) in [6.45, 7) is 0. The molecule has 0 saturated heterocycles. The first-order valence-electron chi connectivity index (χ1n) is 4.19. The normalized spacial score (nSPS) is 12.0. The van der Waals surface area contributed by atoms with E-state index in [4.69, 9.17) is 4.42 Å². The minimum absolute atomic E-state index is 0.260. The van der Waals surface area contributed by atoms with Gasteiger partial charge in [0.25, 0.3) is 0 Å². The smallest absolute Gasteiger partial charge is 0.440 e. The van der Waals surface area contributed by atoms with Crippen LogP contribution in [0.25, 0.3) is 11.1 Å². The molecule has 0 atom stereocenters. The van der Waals surface area contributed by atoms with Crippen molar-refractivity contribution in [1.82, 2.24) is 4.98 Å². The molecule has 0 unspecified atom stereocenters. The fourth-order valence-corrected chi connectivity index (χ4v) is 1.45. The van der Waals surface area contributed by atoms with Gasteiger partial charge in [-0.15, -0.1) is 13.2 Å². The van der Waals surface area contributed by atoms with Gasteiger partial charge < -0.3 is 9.15 Å². The average molecular weight is 296 g/mol. The first-order valence-corrected chi connectivity index (χ1v) is 5.31. The van der Waals surface area contributed by atoms with E-state index in [0.717, 1.165) is 6.07 Å². The maximum atomic E-state index is 11.9. The third-order valence-electron chi connectivity index (χ3n) is 1.75. The number of oxazole rings is 1. The van der Waals surface area contributed by atoms with Gasteiger partial charge in [-0.3, -0.25) is 0 Å². The highest BCUT2D eigenvalue weighted by molar-refractivity contribution is 9.08. The molecular formula is C9H5BrF3NO2. The number of benzene rings is 1. The van der Waals surface area contributed by atoms with Crippen LogP contribution in [0.2, 0.25) is 0 Å². The summed E-state index contributed by atoms with van der Waals surface area (Å²) in [5, 5.41) is 0.400. The molecule has 1 aromatic heterocycles. The van der Waals surface area contributed by atoms with Gasteiger partial charge >= 0.3 is 6.36 Å². The number of nitrogens with zero attached hydrogens (tertiary/aromatic N) is 1. The fourth-order valence-electron chi connectivity index (χ4n) is 1.21. The van der Waals surface area contributed by atoms with Crippen LogP contribution in [0, 0.1) is 0 Å². The van der Waals surface area contributed by atoms with Gasteiger partial charge in [0.15, 0.2) is 5.58 Å². The number of hydrogen-bond donors (Lipinski definition) is 0. The van der Waals surface area contributed by atoms with Crippen LogP contribution < -0.4 is 4.74 Å². The molecule has 0 aliphatic carbocycles. The molecule has 2 rings (SSSR count). The Kier molecular flexibility index (Phi) is 2.79. The Morgan fingerprint density at radius 3 is 2.75 bits per heavy atom. The molecule has 1 heterocycles. The average Bonchev–Trinajstić information content (AvgIpc) is 2.57. The summed E-state index contributed by atoms with van der Waals surface area (Å²) in [4.78, 5) is 4.02. The molecule has 86 valence electrons. The maximum Gasteiger partial charge on any atom is 0.573 e. The highest BCUT2D eigenvalue weighted by Gasteiger charge is 2.31. The Hall–Kier alpha value is -1.24. The van der Waals surface area contributed by atoms with Crippen LogP contribution in [-0.2, 0) is 5.33 Å². The van der Waals surface area contributed by atoms with Crippen molar-refractivity contribution in [2.24, 2.45) is 0 Å².